The maximum atomic E-state index is 5.46. The maximum Gasteiger partial charge on any atom is 0.230 e. The smallest absolute Gasteiger partial charge is 0.230 e. The predicted molar refractivity (Wildman–Crippen MR) is 87.2 cm³/mol. The normalized spacial score (nSPS) is 22.0. The van der Waals surface area contributed by atoms with Crippen LogP contribution in [0, 0.1) is 0 Å². The highest BCUT2D eigenvalue weighted by Gasteiger charge is 2.43. The molecule has 0 amide bonds. The first kappa shape index (κ1) is 15.2. The number of aromatic nitrogens is 2. The Morgan fingerprint density at radius 3 is 2.55 bits per heavy atom. The lowest BCUT2D eigenvalue weighted by molar-refractivity contribution is 0.371. The fourth-order valence-corrected chi connectivity index (χ4v) is 2.84. The molecule has 22 heavy (non-hydrogen) atoms. The van der Waals surface area contributed by atoms with Gasteiger partial charge < -0.3 is 9.84 Å². The van der Waals surface area contributed by atoms with E-state index in [1.165, 1.54) is 11.1 Å². The molecule has 2 aromatic rings. The van der Waals surface area contributed by atoms with Crippen LogP contribution in [0.25, 0.3) is 0 Å². The van der Waals surface area contributed by atoms with Gasteiger partial charge in [0, 0.05) is 18.4 Å². The molecule has 0 bridgehead atoms. The first-order chi connectivity index (χ1) is 10.6. The van der Waals surface area contributed by atoms with Crippen molar-refractivity contribution in [2.45, 2.75) is 57.4 Å². The molecule has 4 nitrogen and oxygen atoms in total. The number of likely N-dealkylation sites (N-methyl/N-ethyl adjacent to an activating group) is 1. The average Bonchev–Trinajstić information content (AvgIpc) is 3.19. The third-order valence-corrected chi connectivity index (χ3v) is 4.60. The zero-order chi connectivity index (χ0) is 15.7. The molecule has 3 atom stereocenters. The summed E-state index contributed by atoms with van der Waals surface area (Å²) in [7, 11) is 1.95. The SMILES string of the molecule is CNC(C)Cc1noc(C2CC2c2ccc(C(C)C)cc2)n1. The van der Waals surface area contributed by atoms with E-state index < -0.39 is 0 Å². The summed E-state index contributed by atoms with van der Waals surface area (Å²) in [6, 6.07) is 9.34. The molecule has 1 aliphatic rings. The van der Waals surface area contributed by atoms with Crippen molar-refractivity contribution < 1.29 is 4.52 Å². The van der Waals surface area contributed by atoms with Crippen molar-refractivity contribution in [2.24, 2.45) is 0 Å². The van der Waals surface area contributed by atoms with Gasteiger partial charge in [-0.3, -0.25) is 0 Å². The Kier molecular flexibility index (Phi) is 4.30. The molecule has 3 rings (SSSR count). The Hall–Kier alpha value is -1.68. The number of hydrogen-bond donors (Lipinski definition) is 1. The number of rotatable bonds is 6. The quantitative estimate of drug-likeness (QED) is 0.885. The molecular formula is C18H25N3O. The van der Waals surface area contributed by atoms with E-state index in [-0.39, 0.29) is 0 Å². The van der Waals surface area contributed by atoms with Gasteiger partial charge in [0.1, 0.15) is 0 Å². The summed E-state index contributed by atoms with van der Waals surface area (Å²) in [6.45, 7) is 6.56. The van der Waals surface area contributed by atoms with E-state index in [9.17, 15) is 0 Å². The van der Waals surface area contributed by atoms with E-state index in [0.717, 1.165) is 24.6 Å². The molecule has 1 aromatic carbocycles. The molecule has 1 aromatic heterocycles. The predicted octanol–water partition coefficient (Wildman–Crippen LogP) is 3.61. The largest absolute Gasteiger partial charge is 0.339 e. The van der Waals surface area contributed by atoms with Gasteiger partial charge in [-0.2, -0.15) is 4.98 Å². The molecule has 1 saturated carbocycles. The van der Waals surface area contributed by atoms with E-state index in [0.29, 0.717) is 23.8 Å². The third-order valence-electron chi connectivity index (χ3n) is 4.60. The second-order valence-corrected chi connectivity index (χ2v) is 6.71. The van der Waals surface area contributed by atoms with Crippen molar-refractivity contribution in [1.82, 2.24) is 15.5 Å². The average molecular weight is 299 g/mol. The van der Waals surface area contributed by atoms with Gasteiger partial charge in [-0.1, -0.05) is 43.3 Å². The topological polar surface area (TPSA) is 51.0 Å². The molecule has 3 unspecified atom stereocenters. The lowest BCUT2D eigenvalue weighted by atomic mass is 10.00. The molecule has 4 heteroatoms. The number of hydrogen-bond acceptors (Lipinski definition) is 4. The van der Waals surface area contributed by atoms with Gasteiger partial charge in [-0.25, -0.2) is 0 Å². The van der Waals surface area contributed by atoms with Gasteiger partial charge in [-0.05, 0) is 43.4 Å². The van der Waals surface area contributed by atoms with Gasteiger partial charge in [0.15, 0.2) is 5.82 Å². The summed E-state index contributed by atoms with van der Waals surface area (Å²) in [6.07, 6.45) is 1.92. The second kappa shape index (κ2) is 6.21. The Labute approximate surface area is 132 Å². The highest BCUT2D eigenvalue weighted by atomic mass is 16.5. The second-order valence-electron chi connectivity index (χ2n) is 6.71. The Morgan fingerprint density at radius 2 is 1.91 bits per heavy atom. The van der Waals surface area contributed by atoms with Crippen molar-refractivity contribution in [3.63, 3.8) is 0 Å². The molecular weight excluding hydrogens is 274 g/mol. The van der Waals surface area contributed by atoms with Crippen LogP contribution in [0.1, 0.15) is 67.8 Å². The highest BCUT2D eigenvalue weighted by Crippen LogP contribution is 2.54. The van der Waals surface area contributed by atoms with Crippen LogP contribution in [0.5, 0.6) is 0 Å². The molecule has 118 valence electrons. The van der Waals surface area contributed by atoms with Crippen LogP contribution < -0.4 is 5.32 Å². The van der Waals surface area contributed by atoms with Gasteiger partial charge in [-0.15, -0.1) is 0 Å². The summed E-state index contributed by atoms with van der Waals surface area (Å²) < 4.78 is 5.46. The number of nitrogens with zero attached hydrogens (tertiary/aromatic N) is 2. The molecule has 0 saturated heterocycles. The van der Waals surface area contributed by atoms with Crippen molar-refractivity contribution in [3.8, 4) is 0 Å². The molecule has 1 N–H and O–H groups in total. The van der Waals surface area contributed by atoms with E-state index in [1.807, 2.05) is 7.05 Å². The van der Waals surface area contributed by atoms with Gasteiger partial charge >= 0.3 is 0 Å². The zero-order valence-corrected chi connectivity index (χ0v) is 13.8. The Morgan fingerprint density at radius 1 is 1.18 bits per heavy atom. The molecule has 1 fully saturated rings. The van der Waals surface area contributed by atoms with Crippen LogP contribution in [0.4, 0.5) is 0 Å². The molecule has 1 aliphatic carbocycles. The van der Waals surface area contributed by atoms with E-state index in [4.69, 9.17) is 4.52 Å². The van der Waals surface area contributed by atoms with Crippen molar-refractivity contribution in [2.75, 3.05) is 7.05 Å². The van der Waals surface area contributed by atoms with Gasteiger partial charge in [0.05, 0.1) is 0 Å². The molecule has 0 aliphatic heterocycles. The minimum absolute atomic E-state index is 0.365. The summed E-state index contributed by atoms with van der Waals surface area (Å²) in [5.74, 6) is 3.12. The summed E-state index contributed by atoms with van der Waals surface area (Å²) in [4.78, 5) is 4.56. The van der Waals surface area contributed by atoms with Crippen LogP contribution in [0.3, 0.4) is 0 Å². The van der Waals surface area contributed by atoms with Crippen LogP contribution in [-0.4, -0.2) is 23.2 Å². The molecule has 0 radical (unpaired) electrons. The molecule has 1 heterocycles. The Bertz CT molecular complexity index is 618. The first-order valence-electron chi connectivity index (χ1n) is 8.18. The molecule has 0 spiro atoms. The summed E-state index contributed by atoms with van der Waals surface area (Å²) in [5, 5.41) is 7.30. The highest BCUT2D eigenvalue weighted by molar-refractivity contribution is 5.33. The van der Waals surface area contributed by atoms with Crippen molar-refractivity contribution in [3.05, 3.63) is 47.1 Å². The Balaban J connectivity index is 1.64. The lowest BCUT2D eigenvalue weighted by Crippen LogP contribution is -2.24. The van der Waals surface area contributed by atoms with Crippen LogP contribution in [0.2, 0.25) is 0 Å². The number of nitrogens with one attached hydrogen (secondary N) is 1. The van der Waals surface area contributed by atoms with Crippen molar-refractivity contribution in [1.29, 1.82) is 0 Å². The zero-order valence-electron chi connectivity index (χ0n) is 13.8. The fourth-order valence-electron chi connectivity index (χ4n) is 2.84. The third kappa shape index (κ3) is 3.22. The van der Waals surface area contributed by atoms with Gasteiger partial charge in [0.2, 0.25) is 5.89 Å². The monoisotopic (exact) mass is 299 g/mol. The van der Waals surface area contributed by atoms with Crippen LogP contribution in [-0.2, 0) is 6.42 Å². The van der Waals surface area contributed by atoms with Crippen LogP contribution in [0.15, 0.2) is 28.8 Å². The first-order valence-corrected chi connectivity index (χ1v) is 8.18. The van der Waals surface area contributed by atoms with E-state index in [2.05, 4.69) is 60.5 Å². The van der Waals surface area contributed by atoms with Crippen LogP contribution >= 0.6 is 0 Å². The minimum Gasteiger partial charge on any atom is -0.339 e. The fraction of sp³-hybridized carbons (Fsp3) is 0.556. The summed E-state index contributed by atoms with van der Waals surface area (Å²) in [5.41, 5.74) is 2.78. The number of benzene rings is 1. The lowest BCUT2D eigenvalue weighted by Gasteiger charge is -2.06. The van der Waals surface area contributed by atoms with Gasteiger partial charge in [0.25, 0.3) is 0 Å². The summed E-state index contributed by atoms with van der Waals surface area (Å²) >= 11 is 0. The maximum absolute atomic E-state index is 5.46. The van der Waals surface area contributed by atoms with Crippen molar-refractivity contribution >= 4 is 0 Å². The van der Waals surface area contributed by atoms with E-state index >= 15 is 0 Å². The standard InChI is InChI=1S/C18H25N3O/c1-11(2)13-5-7-14(8-6-13)15-10-16(15)18-20-17(21-22-18)9-12(3)19-4/h5-8,11-12,15-16,19H,9-10H2,1-4H3. The minimum atomic E-state index is 0.365. The van der Waals surface area contributed by atoms with E-state index in [1.54, 1.807) is 0 Å².